The molecule has 1 heterocycles. The van der Waals surface area contributed by atoms with Crippen molar-refractivity contribution in [1.29, 1.82) is 0 Å². The van der Waals surface area contributed by atoms with E-state index in [4.69, 9.17) is 4.74 Å². The van der Waals surface area contributed by atoms with Crippen molar-refractivity contribution in [1.82, 2.24) is 15.5 Å². The van der Waals surface area contributed by atoms with Gasteiger partial charge >= 0.3 is 6.03 Å². The van der Waals surface area contributed by atoms with Crippen LogP contribution >= 0.6 is 0 Å². The molecule has 4 amide bonds. The fraction of sp³-hybridized carbons (Fsp3) is 0.824. The van der Waals surface area contributed by atoms with Gasteiger partial charge in [-0.15, -0.1) is 0 Å². The smallest absolute Gasteiger partial charge is 0.325 e. The first-order valence-corrected chi connectivity index (χ1v) is 8.97. The number of carbonyl (C=O) groups excluding carboxylic acids is 3. The number of amides is 4. The highest BCUT2D eigenvalue weighted by Crippen LogP contribution is 2.32. The van der Waals surface area contributed by atoms with Crippen LogP contribution in [0.2, 0.25) is 0 Å². The molecule has 2 N–H and O–H groups in total. The van der Waals surface area contributed by atoms with Crippen LogP contribution in [0.3, 0.4) is 0 Å². The van der Waals surface area contributed by atoms with Crippen molar-refractivity contribution in [2.75, 3.05) is 19.7 Å². The molecule has 7 nitrogen and oxygen atoms in total. The lowest BCUT2D eigenvalue weighted by molar-refractivity contribution is -0.135. The zero-order valence-corrected chi connectivity index (χ0v) is 14.7. The molecule has 0 aromatic rings. The number of imide groups is 1. The Bertz CT molecular complexity index is 470. The summed E-state index contributed by atoms with van der Waals surface area (Å²) >= 11 is 0. The van der Waals surface area contributed by atoms with E-state index in [9.17, 15) is 14.4 Å². The molecule has 1 spiro atoms. The highest BCUT2D eigenvalue weighted by Gasteiger charge is 2.50. The van der Waals surface area contributed by atoms with Crippen molar-refractivity contribution in [2.45, 2.75) is 70.4 Å². The monoisotopic (exact) mass is 339 g/mol. The van der Waals surface area contributed by atoms with Crippen LogP contribution in [0.5, 0.6) is 0 Å². The summed E-state index contributed by atoms with van der Waals surface area (Å²) < 4.78 is 5.40. The maximum atomic E-state index is 12.7. The van der Waals surface area contributed by atoms with Gasteiger partial charge in [0, 0.05) is 13.2 Å². The van der Waals surface area contributed by atoms with E-state index >= 15 is 0 Å². The minimum atomic E-state index is -0.779. The normalized spacial score (nSPS) is 20.4. The van der Waals surface area contributed by atoms with Gasteiger partial charge in [0.05, 0.1) is 6.10 Å². The van der Waals surface area contributed by atoms with E-state index in [2.05, 4.69) is 10.6 Å². The van der Waals surface area contributed by atoms with Gasteiger partial charge in [-0.2, -0.15) is 0 Å². The lowest BCUT2D eigenvalue weighted by atomic mass is 9.90. The van der Waals surface area contributed by atoms with Crippen molar-refractivity contribution >= 4 is 17.8 Å². The number of nitrogens with zero attached hydrogens (tertiary/aromatic N) is 1. The standard InChI is InChI=1S/C17H29N3O4/c1-13(2)24-11-7-10-18-14(21)12-20-15(22)17(19-16(20)23)8-5-3-4-6-9-17/h13H,3-12H2,1-2H3,(H,18,21)(H,19,23). The average Bonchev–Trinajstić information content (AvgIpc) is 2.71. The zero-order valence-electron chi connectivity index (χ0n) is 14.7. The lowest BCUT2D eigenvalue weighted by Crippen LogP contribution is -2.47. The Morgan fingerprint density at radius 2 is 1.92 bits per heavy atom. The van der Waals surface area contributed by atoms with Crippen LogP contribution in [0.4, 0.5) is 4.79 Å². The van der Waals surface area contributed by atoms with E-state index in [-0.39, 0.29) is 24.5 Å². The molecule has 1 saturated heterocycles. The Morgan fingerprint density at radius 1 is 1.25 bits per heavy atom. The second-order valence-corrected chi connectivity index (χ2v) is 6.94. The molecular formula is C17H29N3O4. The quantitative estimate of drug-likeness (QED) is 0.544. The van der Waals surface area contributed by atoms with Crippen LogP contribution in [0.25, 0.3) is 0 Å². The summed E-state index contributed by atoms with van der Waals surface area (Å²) in [5.74, 6) is -0.554. The van der Waals surface area contributed by atoms with Crippen molar-refractivity contribution in [3.05, 3.63) is 0 Å². The Morgan fingerprint density at radius 3 is 2.54 bits per heavy atom. The third kappa shape index (κ3) is 4.69. The number of urea groups is 1. The first-order chi connectivity index (χ1) is 11.4. The van der Waals surface area contributed by atoms with Gasteiger partial charge in [0.1, 0.15) is 12.1 Å². The topological polar surface area (TPSA) is 87.7 Å². The molecule has 136 valence electrons. The maximum absolute atomic E-state index is 12.7. The Hall–Kier alpha value is -1.63. The molecule has 24 heavy (non-hydrogen) atoms. The van der Waals surface area contributed by atoms with Gasteiger partial charge in [0.25, 0.3) is 5.91 Å². The van der Waals surface area contributed by atoms with Crippen molar-refractivity contribution in [3.8, 4) is 0 Å². The molecule has 0 aromatic heterocycles. The molecule has 2 rings (SSSR count). The largest absolute Gasteiger partial charge is 0.379 e. The second-order valence-electron chi connectivity index (χ2n) is 6.94. The van der Waals surface area contributed by atoms with Gasteiger partial charge in [0.15, 0.2) is 0 Å². The van der Waals surface area contributed by atoms with E-state index in [0.29, 0.717) is 32.4 Å². The summed E-state index contributed by atoms with van der Waals surface area (Å²) in [6.07, 6.45) is 6.25. The fourth-order valence-corrected chi connectivity index (χ4v) is 3.31. The molecule has 2 fully saturated rings. The van der Waals surface area contributed by atoms with Gasteiger partial charge < -0.3 is 15.4 Å². The Balaban J connectivity index is 1.80. The van der Waals surface area contributed by atoms with Crippen LogP contribution in [0.15, 0.2) is 0 Å². The first-order valence-electron chi connectivity index (χ1n) is 8.97. The van der Waals surface area contributed by atoms with Crippen LogP contribution in [0.1, 0.15) is 58.8 Å². The minimum absolute atomic E-state index is 0.169. The fourth-order valence-electron chi connectivity index (χ4n) is 3.31. The molecule has 0 atom stereocenters. The van der Waals surface area contributed by atoms with Gasteiger partial charge in [-0.1, -0.05) is 25.7 Å². The number of ether oxygens (including phenoxy) is 1. The maximum Gasteiger partial charge on any atom is 0.325 e. The number of carbonyl (C=O) groups is 3. The molecule has 7 heteroatoms. The number of rotatable bonds is 7. The third-order valence-corrected chi connectivity index (χ3v) is 4.60. The Labute approximate surface area is 143 Å². The number of hydrogen-bond donors (Lipinski definition) is 2. The predicted octanol–water partition coefficient (Wildman–Crippen LogP) is 1.56. The summed E-state index contributed by atoms with van der Waals surface area (Å²) in [7, 11) is 0. The van der Waals surface area contributed by atoms with E-state index in [1.807, 2.05) is 13.8 Å². The molecular weight excluding hydrogens is 310 g/mol. The van der Waals surface area contributed by atoms with E-state index < -0.39 is 11.6 Å². The highest BCUT2D eigenvalue weighted by molar-refractivity contribution is 6.09. The van der Waals surface area contributed by atoms with Crippen LogP contribution in [0, 0.1) is 0 Å². The molecule has 1 aliphatic carbocycles. The molecule has 0 radical (unpaired) electrons. The van der Waals surface area contributed by atoms with Crippen LogP contribution < -0.4 is 10.6 Å². The second kappa shape index (κ2) is 8.46. The summed E-state index contributed by atoms with van der Waals surface area (Å²) in [4.78, 5) is 37.9. The van der Waals surface area contributed by atoms with Gasteiger partial charge in [0.2, 0.25) is 5.91 Å². The summed E-state index contributed by atoms with van der Waals surface area (Å²) in [5, 5.41) is 5.58. The van der Waals surface area contributed by atoms with Crippen molar-refractivity contribution in [2.24, 2.45) is 0 Å². The average molecular weight is 339 g/mol. The minimum Gasteiger partial charge on any atom is -0.379 e. The Kier molecular flexibility index (Phi) is 6.60. The van der Waals surface area contributed by atoms with Gasteiger partial charge in [-0.05, 0) is 33.1 Å². The molecule has 0 unspecified atom stereocenters. The molecule has 0 aromatic carbocycles. The van der Waals surface area contributed by atoms with Crippen molar-refractivity contribution in [3.63, 3.8) is 0 Å². The van der Waals surface area contributed by atoms with Crippen molar-refractivity contribution < 1.29 is 19.1 Å². The van der Waals surface area contributed by atoms with Gasteiger partial charge in [-0.25, -0.2) is 4.79 Å². The van der Waals surface area contributed by atoms with E-state index in [1.54, 1.807) is 0 Å². The number of hydrogen-bond acceptors (Lipinski definition) is 4. The third-order valence-electron chi connectivity index (χ3n) is 4.60. The molecule has 2 aliphatic rings. The summed E-state index contributed by atoms with van der Waals surface area (Å²) in [5.41, 5.74) is -0.779. The molecule has 1 aliphatic heterocycles. The molecule has 0 bridgehead atoms. The first kappa shape index (κ1) is 18.7. The van der Waals surface area contributed by atoms with Crippen LogP contribution in [-0.2, 0) is 14.3 Å². The predicted molar refractivity (Wildman–Crippen MR) is 89.4 cm³/mol. The van der Waals surface area contributed by atoms with E-state index in [1.165, 1.54) is 0 Å². The SMILES string of the molecule is CC(C)OCCCNC(=O)CN1C(=O)NC2(CCCCCC2)C1=O. The lowest BCUT2D eigenvalue weighted by Gasteiger charge is -2.24. The highest BCUT2D eigenvalue weighted by atomic mass is 16.5. The summed E-state index contributed by atoms with van der Waals surface area (Å²) in [6.45, 7) is 4.75. The zero-order chi connectivity index (χ0) is 17.6. The molecule has 1 saturated carbocycles. The summed E-state index contributed by atoms with van der Waals surface area (Å²) in [6, 6.07) is -0.444. The van der Waals surface area contributed by atoms with Crippen LogP contribution in [-0.4, -0.2) is 54.1 Å². The van der Waals surface area contributed by atoms with E-state index in [0.717, 1.165) is 30.6 Å². The van der Waals surface area contributed by atoms with Gasteiger partial charge in [-0.3, -0.25) is 14.5 Å². The number of nitrogens with one attached hydrogen (secondary N) is 2.